The monoisotopic (exact) mass is 292 g/mol. The summed E-state index contributed by atoms with van der Waals surface area (Å²) in [7, 11) is 0. The number of hydrogen-bond donors (Lipinski definition) is 2. The van der Waals surface area contributed by atoms with E-state index >= 15 is 0 Å². The zero-order valence-electron chi connectivity index (χ0n) is 12.8. The second kappa shape index (κ2) is 6.15. The summed E-state index contributed by atoms with van der Waals surface area (Å²) >= 11 is 0. The molecule has 0 bridgehead atoms. The SMILES string of the molecule is C[C@@H](O)[C@@H](C)Oc1nc(N2CCNCC2)nc2c1CCC2. The average molecular weight is 292 g/mol. The Morgan fingerprint density at radius 1 is 1.19 bits per heavy atom. The van der Waals surface area contributed by atoms with Crippen molar-refractivity contribution in [1.82, 2.24) is 15.3 Å². The van der Waals surface area contributed by atoms with Crippen LogP contribution in [0.4, 0.5) is 5.95 Å². The lowest BCUT2D eigenvalue weighted by molar-refractivity contribution is 0.0568. The van der Waals surface area contributed by atoms with E-state index in [0.717, 1.165) is 62.6 Å². The summed E-state index contributed by atoms with van der Waals surface area (Å²) in [4.78, 5) is 11.6. The minimum atomic E-state index is -0.514. The Balaban J connectivity index is 1.88. The highest BCUT2D eigenvalue weighted by Gasteiger charge is 2.25. The smallest absolute Gasteiger partial charge is 0.228 e. The van der Waals surface area contributed by atoms with E-state index in [0.29, 0.717) is 5.88 Å². The number of aliphatic hydroxyl groups is 1. The summed E-state index contributed by atoms with van der Waals surface area (Å²) in [6.07, 6.45) is 2.30. The van der Waals surface area contributed by atoms with Crippen molar-refractivity contribution in [3.05, 3.63) is 11.3 Å². The highest BCUT2D eigenvalue weighted by Crippen LogP contribution is 2.31. The van der Waals surface area contributed by atoms with Crippen LogP contribution >= 0.6 is 0 Å². The van der Waals surface area contributed by atoms with E-state index in [2.05, 4.69) is 15.2 Å². The molecule has 116 valence electrons. The number of aryl methyl sites for hydroxylation is 1. The molecule has 21 heavy (non-hydrogen) atoms. The molecule has 1 aliphatic carbocycles. The quantitative estimate of drug-likeness (QED) is 0.843. The Morgan fingerprint density at radius 2 is 1.95 bits per heavy atom. The Kier molecular flexibility index (Phi) is 4.26. The molecule has 1 aromatic rings. The highest BCUT2D eigenvalue weighted by atomic mass is 16.5. The third-order valence-corrected chi connectivity index (χ3v) is 4.26. The standard InChI is InChI=1S/C15H24N4O2/c1-10(20)11(2)21-14-12-4-3-5-13(12)17-15(18-14)19-8-6-16-7-9-19/h10-11,16,20H,3-9H2,1-2H3/t10-,11-/m1/s1. The van der Waals surface area contributed by atoms with E-state index in [-0.39, 0.29) is 6.10 Å². The van der Waals surface area contributed by atoms with Gasteiger partial charge in [0.25, 0.3) is 0 Å². The van der Waals surface area contributed by atoms with Gasteiger partial charge in [-0.2, -0.15) is 4.98 Å². The van der Waals surface area contributed by atoms with Crippen molar-refractivity contribution < 1.29 is 9.84 Å². The minimum Gasteiger partial charge on any atom is -0.472 e. The van der Waals surface area contributed by atoms with Gasteiger partial charge in [-0.15, -0.1) is 0 Å². The number of nitrogens with zero attached hydrogens (tertiary/aromatic N) is 3. The predicted molar refractivity (Wildman–Crippen MR) is 80.9 cm³/mol. The molecule has 3 rings (SSSR count). The van der Waals surface area contributed by atoms with Crippen LogP contribution in [-0.4, -0.2) is 53.5 Å². The van der Waals surface area contributed by atoms with Gasteiger partial charge in [0.1, 0.15) is 6.10 Å². The molecule has 6 heteroatoms. The Bertz CT molecular complexity index is 501. The lowest BCUT2D eigenvalue weighted by Gasteiger charge is -2.28. The summed E-state index contributed by atoms with van der Waals surface area (Å²) in [5.74, 6) is 1.43. The van der Waals surface area contributed by atoms with E-state index in [9.17, 15) is 5.11 Å². The van der Waals surface area contributed by atoms with Gasteiger partial charge in [-0.3, -0.25) is 0 Å². The van der Waals surface area contributed by atoms with Crippen LogP contribution in [0.3, 0.4) is 0 Å². The molecular formula is C15H24N4O2. The second-order valence-electron chi connectivity index (χ2n) is 5.91. The number of aromatic nitrogens is 2. The lowest BCUT2D eigenvalue weighted by atomic mass is 10.2. The van der Waals surface area contributed by atoms with Gasteiger partial charge in [0.2, 0.25) is 11.8 Å². The topological polar surface area (TPSA) is 70.5 Å². The number of anilines is 1. The summed E-state index contributed by atoms with van der Waals surface area (Å²) in [6, 6.07) is 0. The highest BCUT2D eigenvalue weighted by molar-refractivity contribution is 5.43. The molecule has 0 spiro atoms. The molecule has 1 aromatic heterocycles. The molecule has 2 aliphatic rings. The zero-order valence-corrected chi connectivity index (χ0v) is 12.8. The van der Waals surface area contributed by atoms with E-state index in [1.165, 1.54) is 0 Å². The maximum atomic E-state index is 9.66. The fourth-order valence-electron chi connectivity index (χ4n) is 2.76. The van der Waals surface area contributed by atoms with Gasteiger partial charge in [0.15, 0.2) is 0 Å². The van der Waals surface area contributed by atoms with Gasteiger partial charge in [-0.25, -0.2) is 4.98 Å². The molecule has 2 atom stereocenters. The number of hydrogen-bond acceptors (Lipinski definition) is 6. The molecule has 0 radical (unpaired) electrons. The van der Waals surface area contributed by atoms with Crippen LogP contribution in [0.2, 0.25) is 0 Å². The van der Waals surface area contributed by atoms with Crippen molar-refractivity contribution >= 4 is 5.95 Å². The van der Waals surface area contributed by atoms with Crippen molar-refractivity contribution in [2.45, 2.75) is 45.3 Å². The van der Waals surface area contributed by atoms with E-state index in [1.54, 1.807) is 6.92 Å². The van der Waals surface area contributed by atoms with Crippen molar-refractivity contribution in [3.63, 3.8) is 0 Å². The van der Waals surface area contributed by atoms with Crippen molar-refractivity contribution in [3.8, 4) is 5.88 Å². The van der Waals surface area contributed by atoms with Gasteiger partial charge in [-0.05, 0) is 33.1 Å². The first-order valence-corrected chi connectivity index (χ1v) is 7.85. The van der Waals surface area contributed by atoms with Crippen molar-refractivity contribution in [1.29, 1.82) is 0 Å². The van der Waals surface area contributed by atoms with Crippen molar-refractivity contribution in [2.75, 3.05) is 31.1 Å². The lowest BCUT2D eigenvalue weighted by Crippen LogP contribution is -2.44. The fraction of sp³-hybridized carbons (Fsp3) is 0.733. The van der Waals surface area contributed by atoms with Crippen LogP contribution in [0.1, 0.15) is 31.5 Å². The number of fused-ring (bicyclic) bond motifs is 1. The van der Waals surface area contributed by atoms with Gasteiger partial charge in [-0.1, -0.05) is 0 Å². The number of rotatable bonds is 4. The molecule has 0 saturated carbocycles. The number of ether oxygens (including phenoxy) is 1. The molecule has 1 saturated heterocycles. The third kappa shape index (κ3) is 3.11. The van der Waals surface area contributed by atoms with Crippen LogP contribution < -0.4 is 15.0 Å². The van der Waals surface area contributed by atoms with E-state index in [1.807, 2.05) is 6.92 Å². The number of piperazine rings is 1. The molecule has 1 aliphatic heterocycles. The maximum absolute atomic E-state index is 9.66. The third-order valence-electron chi connectivity index (χ3n) is 4.26. The van der Waals surface area contributed by atoms with E-state index in [4.69, 9.17) is 9.72 Å². The first-order valence-electron chi connectivity index (χ1n) is 7.85. The van der Waals surface area contributed by atoms with Crippen LogP contribution in [0.5, 0.6) is 5.88 Å². The average Bonchev–Trinajstić information content (AvgIpc) is 2.96. The van der Waals surface area contributed by atoms with Crippen LogP contribution in [0, 0.1) is 0 Å². The molecule has 0 unspecified atom stereocenters. The second-order valence-corrected chi connectivity index (χ2v) is 5.91. The van der Waals surface area contributed by atoms with Crippen LogP contribution in [-0.2, 0) is 12.8 Å². The summed E-state index contributed by atoms with van der Waals surface area (Å²) in [6.45, 7) is 7.37. The summed E-state index contributed by atoms with van der Waals surface area (Å²) in [5, 5.41) is 13.0. The molecule has 6 nitrogen and oxygen atoms in total. The summed E-state index contributed by atoms with van der Waals surface area (Å²) in [5.41, 5.74) is 2.24. The molecular weight excluding hydrogens is 268 g/mol. The van der Waals surface area contributed by atoms with Gasteiger partial charge >= 0.3 is 0 Å². The van der Waals surface area contributed by atoms with E-state index < -0.39 is 6.10 Å². The first kappa shape index (κ1) is 14.5. The molecule has 2 N–H and O–H groups in total. The van der Waals surface area contributed by atoms with Gasteiger partial charge in [0, 0.05) is 31.7 Å². The Labute approximate surface area is 125 Å². The van der Waals surface area contributed by atoms with Crippen LogP contribution in [0.25, 0.3) is 0 Å². The Hall–Kier alpha value is -1.40. The number of aliphatic hydroxyl groups excluding tert-OH is 1. The Morgan fingerprint density at radius 3 is 2.67 bits per heavy atom. The van der Waals surface area contributed by atoms with Gasteiger partial charge < -0.3 is 20.1 Å². The molecule has 0 amide bonds. The summed E-state index contributed by atoms with van der Waals surface area (Å²) < 4.78 is 5.91. The number of nitrogens with one attached hydrogen (secondary N) is 1. The fourth-order valence-corrected chi connectivity index (χ4v) is 2.76. The first-order chi connectivity index (χ1) is 10.1. The van der Waals surface area contributed by atoms with Gasteiger partial charge in [0.05, 0.1) is 11.8 Å². The minimum absolute atomic E-state index is 0.263. The molecule has 2 heterocycles. The molecule has 0 aromatic carbocycles. The zero-order chi connectivity index (χ0) is 14.8. The maximum Gasteiger partial charge on any atom is 0.228 e. The largest absolute Gasteiger partial charge is 0.472 e. The van der Waals surface area contributed by atoms with Crippen LogP contribution in [0.15, 0.2) is 0 Å². The normalized spacial score (nSPS) is 21.0. The predicted octanol–water partition coefficient (Wildman–Crippen LogP) is 0.523. The van der Waals surface area contributed by atoms with Crippen molar-refractivity contribution in [2.24, 2.45) is 0 Å². The molecule has 1 fully saturated rings.